The SMILES string of the molecule is CC(CCC(=O)O)CNC(=O)N1CC(CO)OCC1C. The molecule has 0 aromatic heterocycles. The van der Waals surface area contributed by atoms with Crippen LogP contribution in [0, 0.1) is 5.92 Å². The number of carboxylic acids is 1. The van der Waals surface area contributed by atoms with Crippen molar-refractivity contribution in [3.63, 3.8) is 0 Å². The maximum atomic E-state index is 12.1. The van der Waals surface area contributed by atoms with E-state index in [1.807, 2.05) is 13.8 Å². The molecule has 7 nitrogen and oxygen atoms in total. The van der Waals surface area contributed by atoms with Crippen molar-refractivity contribution in [2.75, 3.05) is 26.3 Å². The number of aliphatic carboxylic acids is 1. The van der Waals surface area contributed by atoms with E-state index in [0.29, 0.717) is 26.1 Å². The second kappa shape index (κ2) is 8.06. The first kappa shape index (κ1) is 16.7. The molecule has 2 amide bonds. The van der Waals surface area contributed by atoms with Gasteiger partial charge < -0.3 is 25.2 Å². The Kier molecular flexibility index (Phi) is 6.74. The van der Waals surface area contributed by atoms with E-state index in [2.05, 4.69) is 5.32 Å². The summed E-state index contributed by atoms with van der Waals surface area (Å²) in [5, 5.41) is 20.5. The first-order valence-electron chi connectivity index (χ1n) is 6.92. The Morgan fingerprint density at radius 2 is 2.20 bits per heavy atom. The third kappa shape index (κ3) is 5.34. The third-order valence-corrected chi connectivity index (χ3v) is 3.42. The zero-order chi connectivity index (χ0) is 15.1. The van der Waals surface area contributed by atoms with Gasteiger partial charge in [0.2, 0.25) is 0 Å². The van der Waals surface area contributed by atoms with Crippen molar-refractivity contribution in [1.29, 1.82) is 0 Å². The topological polar surface area (TPSA) is 99.1 Å². The summed E-state index contributed by atoms with van der Waals surface area (Å²) in [4.78, 5) is 24.2. The number of carbonyl (C=O) groups excluding carboxylic acids is 1. The summed E-state index contributed by atoms with van der Waals surface area (Å²) in [5.74, 6) is -0.712. The van der Waals surface area contributed by atoms with Gasteiger partial charge >= 0.3 is 12.0 Å². The molecule has 0 bridgehead atoms. The van der Waals surface area contributed by atoms with Gasteiger partial charge in [-0.3, -0.25) is 4.79 Å². The molecule has 0 spiro atoms. The van der Waals surface area contributed by atoms with Crippen LogP contribution in [0.2, 0.25) is 0 Å². The van der Waals surface area contributed by atoms with E-state index in [4.69, 9.17) is 14.9 Å². The molecule has 0 aromatic rings. The highest BCUT2D eigenvalue weighted by atomic mass is 16.5. The van der Waals surface area contributed by atoms with E-state index < -0.39 is 5.97 Å². The number of nitrogens with zero attached hydrogens (tertiary/aromatic N) is 1. The van der Waals surface area contributed by atoms with E-state index in [9.17, 15) is 9.59 Å². The Morgan fingerprint density at radius 1 is 1.50 bits per heavy atom. The molecule has 3 N–H and O–H groups in total. The molecular formula is C13H24N2O5. The Bertz CT molecular complexity index is 337. The van der Waals surface area contributed by atoms with E-state index >= 15 is 0 Å². The summed E-state index contributed by atoms with van der Waals surface area (Å²) in [6, 6.07) is -0.228. The van der Waals surface area contributed by atoms with Crippen LogP contribution in [-0.2, 0) is 9.53 Å². The molecule has 3 unspecified atom stereocenters. The highest BCUT2D eigenvalue weighted by molar-refractivity contribution is 5.74. The maximum Gasteiger partial charge on any atom is 0.317 e. The summed E-state index contributed by atoms with van der Waals surface area (Å²) in [7, 11) is 0. The first-order chi connectivity index (χ1) is 9.43. The van der Waals surface area contributed by atoms with Gasteiger partial charge in [0.05, 0.1) is 31.9 Å². The number of ether oxygens (including phenoxy) is 1. The number of hydrogen-bond acceptors (Lipinski definition) is 4. The van der Waals surface area contributed by atoms with Crippen LogP contribution in [0.15, 0.2) is 0 Å². The van der Waals surface area contributed by atoms with Gasteiger partial charge in [-0.15, -0.1) is 0 Å². The lowest BCUT2D eigenvalue weighted by molar-refractivity contribution is -0.137. The molecule has 0 aliphatic carbocycles. The number of urea groups is 1. The van der Waals surface area contributed by atoms with Crippen LogP contribution < -0.4 is 5.32 Å². The van der Waals surface area contributed by atoms with Gasteiger partial charge in [-0.2, -0.15) is 0 Å². The molecule has 0 saturated carbocycles. The van der Waals surface area contributed by atoms with Crippen molar-refractivity contribution in [2.24, 2.45) is 5.92 Å². The minimum atomic E-state index is -0.823. The van der Waals surface area contributed by atoms with Crippen molar-refractivity contribution >= 4 is 12.0 Å². The van der Waals surface area contributed by atoms with Gasteiger partial charge in [0.15, 0.2) is 0 Å². The van der Waals surface area contributed by atoms with Gasteiger partial charge in [0, 0.05) is 13.0 Å². The first-order valence-corrected chi connectivity index (χ1v) is 6.92. The number of amides is 2. The molecule has 116 valence electrons. The van der Waals surface area contributed by atoms with Crippen LogP contribution in [0.4, 0.5) is 4.79 Å². The van der Waals surface area contributed by atoms with Gasteiger partial charge in [0.1, 0.15) is 0 Å². The molecule has 1 rings (SSSR count). The smallest absolute Gasteiger partial charge is 0.317 e. The number of morpholine rings is 1. The van der Waals surface area contributed by atoms with Crippen LogP contribution in [0.25, 0.3) is 0 Å². The lowest BCUT2D eigenvalue weighted by Gasteiger charge is -2.37. The Morgan fingerprint density at radius 3 is 2.80 bits per heavy atom. The Labute approximate surface area is 118 Å². The molecule has 1 aliphatic rings. The van der Waals surface area contributed by atoms with E-state index in [1.54, 1.807) is 4.90 Å². The highest BCUT2D eigenvalue weighted by Gasteiger charge is 2.29. The molecular weight excluding hydrogens is 264 g/mol. The summed E-state index contributed by atoms with van der Waals surface area (Å²) in [6.45, 7) is 4.91. The van der Waals surface area contributed by atoms with Crippen molar-refractivity contribution in [1.82, 2.24) is 10.2 Å². The molecule has 0 radical (unpaired) electrons. The zero-order valence-corrected chi connectivity index (χ0v) is 12.0. The van der Waals surface area contributed by atoms with Crippen LogP contribution >= 0.6 is 0 Å². The second-order valence-electron chi connectivity index (χ2n) is 5.36. The monoisotopic (exact) mass is 288 g/mol. The maximum absolute atomic E-state index is 12.1. The minimum Gasteiger partial charge on any atom is -0.481 e. The van der Waals surface area contributed by atoms with Gasteiger partial charge in [-0.25, -0.2) is 4.79 Å². The summed E-state index contributed by atoms with van der Waals surface area (Å²) in [6.07, 6.45) is 0.312. The predicted molar refractivity (Wildman–Crippen MR) is 72.4 cm³/mol. The van der Waals surface area contributed by atoms with Crippen LogP contribution in [0.1, 0.15) is 26.7 Å². The molecule has 7 heteroatoms. The number of hydrogen-bond donors (Lipinski definition) is 3. The quantitative estimate of drug-likeness (QED) is 0.652. The Hall–Kier alpha value is -1.34. The van der Waals surface area contributed by atoms with E-state index in [-0.39, 0.29) is 37.1 Å². The van der Waals surface area contributed by atoms with Crippen molar-refractivity contribution in [3.8, 4) is 0 Å². The number of aliphatic hydroxyl groups excluding tert-OH is 1. The highest BCUT2D eigenvalue weighted by Crippen LogP contribution is 2.12. The normalized spacial score (nSPS) is 24.2. The van der Waals surface area contributed by atoms with Gasteiger partial charge in [-0.05, 0) is 19.3 Å². The fourth-order valence-electron chi connectivity index (χ4n) is 2.05. The molecule has 20 heavy (non-hydrogen) atoms. The van der Waals surface area contributed by atoms with Crippen LogP contribution in [0.3, 0.4) is 0 Å². The lowest BCUT2D eigenvalue weighted by Crippen LogP contribution is -2.55. The molecule has 1 heterocycles. The van der Waals surface area contributed by atoms with Crippen molar-refractivity contribution in [3.05, 3.63) is 0 Å². The van der Waals surface area contributed by atoms with Crippen LogP contribution in [-0.4, -0.2) is 65.6 Å². The van der Waals surface area contributed by atoms with E-state index in [0.717, 1.165) is 0 Å². The zero-order valence-electron chi connectivity index (χ0n) is 12.0. The fraction of sp³-hybridized carbons (Fsp3) is 0.846. The number of aliphatic hydroxyl groups is 1. The summed E-state index contributed by atoms with van der Waals surface area (Å²) >= 11 is 0. The average Bonchev–Trinajstić information content (AvgIpc) is 2.43. The van der Waals surface area contributed by atoms with Crippen LogP contribution in [0.5, 0.6) is 0 Å². The summed E-state index contributed by atoms with van der Waals surface area (Å²) < 4.78 is 5.37. The molecule has 1 fully saturated rings. The largest absolute Gasteiger partial charge is 0.481 e. The van der Waals surface area contributed by atoms with Crippen molar-refractivity contribution in [2.45, 2.75) is 38.8 Å². The van der Waals surface area contributed by atoms with Gasteiger partial charge in [0.25, 0.3) is 0 Å². The molecule has 3 atom stereocenters. The second-order valence-corrected chi connectivity index (χ2v) is 5.36. The van der Waals surface area contributed by atoms with Crippen molar-refractivity contribution < 1.29 is 24.5 Å². The van der Waals surface area contributed by atoms with Gasteiger partial charge in [-0.1, -0.05) is 6.92 Å². The molecule has 1 aliphatic heterocycles. The third-order valence-electron chi connectivity index (χ3n) is 3.42. The number of carbonyl (C=O) groups is 2. The average molecular weight is 288 g/mol. The number of rotatable bonds is 6. The number of carboxylic acid groups (broad SMARTS) is 1. The lowest BCUT2D eigenvalue weighted by atomic mass is 10.1. The molecule has 0 aromatic carbocycles. The fourth-order valence-corrected chi connectivity index (χ4v) is 2.05. The minimum absolute atomic E-state index is 0.0351. The van der Waals surface area contributed by atoms with E-state index in [1.165, 1.54) is 0 Å². The predicted octanol–water partition coefficient (Wildman–Crippen LogP) is 0.279. The Balaban J connectivity index is 2.35. The standard InChI is InChI=1S/C13H24N2O5/c1-9(3-4-12(17)18)5-14-13(19)15-6-11(7-16)20-8-10(15)2/h9-11,16H,3-8H2,1-2H3,(H,14,19)(H,17,18). The number of nitrogens with one attached hydrogen (secondary N) is 1. The summed E-state index contributed by atoms with van der Waals surface area (Å²) in [5.41, 5.74) is 0. The molecule has 1 saturated heterocycles.